The van der Waals surface area contributed by atoms with Crippen molar-refractivity contribution in [3.05, 3.63) is 59.7 Å². The predicted molar refractivity (Wildman–Crippen MR) is 127 cm³/mol. The molecule has 1 aliphatic heterocycles. The number of carbonyl (C=O) groups excluding carboxylic acids is 1. The van der Waals surface area contributed by atoms with Gasteiger partial charge in [-0.1, -0.05) is 49.6 Å². The number of ether oxygens (including phenoxy) is 1. The molecule has 2 fully saturated rings. The lowest BCUT2D eigenvalue weighted by Crippen LogP contribution is -2.38. The SMILES string of the molecule is Cc1cccc(C2(C(=O)Nc3ccc(OCCN4CCC[C@@H](C)C4)cc3)CCCC2)c1. The summed E-state index contributed by atoms with van der Waals surface area (Å²) in [6.45, 7) is 8.46. The molecule has 1 atom stereocenters. The average molecular weight is 421 g/mol. The number of amides is 1. The van der Waals surface area contributed by atoms with E-state index >= 15 is 0 Å². The molecule has 4 nitrogen and oxygen atoms in total. The Kier molecular flexibility index (Phi) is 6.96. The fourth-order valence-electron chi connectivity index (χ4n) is 5.24. The second-order valence-electron chi connectivity index (χ2n) is 9.53. The van der Waals surface area contributed by atoms with Crippen LogP contribution in [-0.4, -0.2) is 37.0 Å². The summed E-state index contributed by atoms with van der Waals surface area (Å²) in [5.74, 6) is 1.76. The van der Waals surface area contributed by atoms with Crippen molar-refractivity contribution >= 4 is 11.6 Å². The third kappa shape index (κ3) is 5.30. The first-order chi connectivity index (χ1) is 15.0. The zero-order chi connectivity index (χ0) is 21.7. The number of rotatable bonds is 7. The topological polar surface area (TPSA) is 41.6 Å². The van der Waals surface area contributed by atoms with E-state index in [1.807, 2.05) is 24.3 Å². The number of hydrogen-bond acceptors (Lipinski definition) is 3. The number of nitrogens with zero attached hydrogens (tertiary/aromatic N) is 1. The average Bonchev–Trinajstić information content (AvgIpc) is 3.27. The number of likely N-dealkylation sites (tertiary alicyclic amines) is 1. The van der Waals surface area contributed by atoms with E-state index < -0.39 is 5.41 Å². The summed E-state index contributed by atoms with van der Waals surface area (Å²) < 4.78 is 5.95. The smallest absolute Gasteiger partial charge is 0.235 e. The summed E-state index contributed by atoms with van der Waals surface area (Å²) in [6.07, 6.45) is 6.67. The van der Waals surface area contributed by atoms with Crippen molar-refractivity contribution in [1.82, 2.24) is 4.90 Å². The van der Waals surface area contributed by atoms with E-state index in [1.165, 1.54) is 31.5 Å². The fraction of sp³-hybridized carbons (Fsp3) is 0.519. The van der Waals surface area contributed by atoms with Crippen molar-refractivity contribution in [2.45, 2.75) is 57.8 Å². The maximum absolute atomic E-state index is 13.4. The van der Waals surface area contributed by atoms with Gasteiger partial charge in [-0.3, -0.25) is 9.69 Å². The molecule has 31 heavy (non-hydrogen) atoms. The minimum atomic E-state index is -0.410. The molecule has 0 unspecified atom stereocenters. The molecule has 2 aromatic carbocycles. The van der Waals surface area contributed by atoms with Gasteiger partial charge in [-0.05, 0) is 74.9 Å². The minimum Gasteiger partial charge on any atom is -0.492 e. The molecule has 1 heterocycles. The molecule has 0 spiro atoms. The molecule has 1 saturated heterocycles. The Morgan fingerprint density at radius 1 is 1.13 bits per heavy atom. The van der Waals surface area contributed by atoms with Crippen LogP contribution in [0.5, 0.6) is 5.75 Å². The monoisotopic (exact) mass is 420 g/mol. The Morgan fingerprint density at radius 2 is 1.90 bits per heavy atom. The number of benzene rings is 2. The van der Waals surface area contributed by atoms with E-state index in [-0.39, 0.29) is 5.91 Å². The summed E-state index contributed by atoms with van der Waals surface area (Å²) in [6, 6.07) is 16.3. The molecule has 0 radical (unpaired) electrons. The van der Waals surface area contributed by atoms with Gasteiger partial charge < -0.3 is 10.1 Å². The molecule has 166 valence electrons. The highest BCUT2D eigenvalue weighted by Gasteiger charge is 2.42. The van der Waals surface area contributed by atoms with Crippen molar-refractivity contribution in [2.75, 3.05) is 31.6 Å². The Balaban J connectivity index is 1.34. The van der Waals surface area contributed by atoms with Crippen LogP contribution in [0.25, 0.3) is 0 Å². The Morgan fingerprint density at radius 3 is 2.61 bits per heavy atom. The van der Waals surface area contributed by atoms with Gasteiger partial charge in [0.15, 0.2) is 0 Å². The fourth-order valence-corrected chi connectivity index (χ4v) is 5.24. The van der Waals surface area contributed by atoms with Gasteiger partial charge in [-0.25, -0.2) is 0 Å². The van der Waals surface area contributed by atoms with Gasteiger partial charge in [0.05, 0.1) is 5.41 Å². The Hall–Kier alpha value is -2.33. The summed E-state index contributed by atoms with van der Waals surface area (Å²) in [7, 11) is 0. The minimum absolute atomic E-state index is 0.114. The third-order valence-electron chi connectivity index (χ3n) is 6.99. The van der Waals surface area contributed by atoms with Gasteiger partial charge in [0.25, 0.3) is 0 Å². The summed E-state index contributed by atoms with van der Waals surface area (Å²) in [4.78, 5) is 15.9. The molecular formula is C27H36N2O2. The highest BCUT2D eigenvalue weighted by atomic mass is 16.5. The highest BCUT2D eigenvalue weighted by molar-refractivity contribution is 5.99. The van der Waals surface area contributed by atoms with Crippen molar-refractivity contribution in [2.24, 2.45) is 5.92 Å². The van der Waals surface area contributed by atoms with Crippen LogP contribution < -0.4 is 10.1 Å². The number of hydrogen-bond donors (Lipinski definition) is 1. The second kappa shape index (κ2) is 9.86. The summed E-state index contributed by atoms with van der Waals surface area (Å²) >= 11 is 0. The lowest BCUT2D eigenvalue weighted by Gasteiger charge is -2.30. The molecular weight excluding hydrogens is 384 g/mol. The van der Waals surface area contributed by atoms with Crippen LogP contribution in [0, 0.1) is 12.8 Å². The van der Waals surface area contributed by atoms with Crippen molar-refractivity contribution in [1.29, 1.82) is 0 Å². The number of nitrogens with one attached hydrogen (secondary N) is 1. The van der Waals surface area contributed by atoms with E-state index in [0.717, 1.165) is 55.1 Å². The van der Waals surface area contributed by atoms with Crippen LogP contribution in [0.2, 0.25) is 0 Å². The largest absolute Gasteiger partial charge is 0.492 e. The Bertz CT molecular complexity index is 871. The van der Waals surface area contributed by atoms with Crippen LogP contribution in [0.3, 0.4) is 0 Å². The predicted octanol–water partition coefficient (Wildman–Crippen LogP) is 5.56. The van der Waals surface area contributed by atoms with E-state index in [2.05, 4.69) is 48.3 Å². The zero-order valence-electron chi connectivity index (χ0n) is 19.0. The lowest BCUT2D eigenvalue weighted by atomic mass is 9.77. The van der Waals surface area contributed by atoms with Gasteiger partial charge in [0.1, 0.15) is 12.4 Å². The quantitative estimate of drug-likeness (QED) is 0.638. The molecule has 1 aliphatic carbocycles. The Labute approximate surface area is 187 Å². The van der Waals surface area contributed by atoms with Crippen LogP contribution in [-0.2, 0) is 10.2 Å². The van der Waals surface area contributed by atoms with Gasteiger partial charge in [-0.2, -0.15) is 0 Å². The molecule has 1 N–H and O–H groups in total. The summed E-state index contributed by atoms with van der Waals surface area (Å²) in [5, 5.41) is 3.18. The molecule has 1 amide bonds. The highest BCUT2D eigenvalue weighted by Crippen LogP contribution is 2.42. The standard InChI is InChI=1S/C27H36N2O2/c1-21-7-5-9-23(19-21)27(14-3-4-15-27)26(30)28-24-10-12-25(13-11-24)31-18-17-29-16-6-8-22(2)20-29/h5,7,9-13,19,22H,3-4,6,8,14-18,20H2,1-2H3,(H,28,30)/t22-/m1/s1. The number of carbonyl (C=O) groups is 1. The maximum atomic E-state index is 13.4. The normalized spacial score (nSPS) is 21.0. The maximum Gasteiger partial charge on any atom is 0.235 e. The first-order valence-electron chi connectivity index (χ1n) is 11.9. The molecule has 4 heteroatoms. The number of aryl methyl sites for hydroxylation is 1. The lowest BCUT2D eigenvalue weighted by molar-refractivity contribution is -0.121. The van der Waals surface area contributed by atoms with Gasteiger partial charge in [0.2, 0.25) is 5.91 Å². The van der Waals surface area contributed by atoms with Gasteiger partial charge in [0, 0.05) is 18.8 Å². The molecule has 0 bridgehead atoms. The zero-order valence-corrected chi connectivity index (χ0v) is 19.0. The van der Waals surface area contributed by atoms with Gasteiger partial charge >= 0.3 is 0 Å². The molecule has 0 aromatic heterocycles. The molecule has 1 saturated carbocycles. The van der Waals surface area contributed by atoms with Crippen molar-refractivity contribution in [3.63, 3.8) is 0 Å². The van der Waals surface area contributed by atoms with Crippen molar-refractivity contribution < 1.29 is 9.53 Å². The van der Waals surface area contributed by atoms with Crippen LogP contribution >= 0.6 is 0 Å². The second-order valence-corrected chi connectivity index (χ2v) is 9.53. The van der Waals surface area contributed by atoms with Crippen LogP contribution in [0.4, 0.5) is 5.69 Å². The first kappa shape index (κ1) is 21.9. The van der Waals surface area contributed by atoms with E-state index in [0.29, 0.717) is 6.61 Å². The molecule has 2 aromatic rings. The van der Waals surface area contributed by atoms with Crippen molar-refractivity contribution in [3.8, 4) is 5.75 Å². The van der Waals surface area contributed by atoms with E-state index in [9.17, 15) is 4.79 Å². The van der Waals surface area contributed by atoms with Gasteiger partial charge in [-0.15, -0.1) is 0 Å². The van der Waals surface area contributed by atoms with E-state index in [4.69, 9.17) is 4.74 Å². The summed E-state index contributed by atoms with van der Waals surface area (Å²) in [5.41, 5.74) is 2.78. The van der Waals surface area contributed by atoms with Crippen LogP contribution in [0.15, 0.2) is 48.5 Å². The number of piperidine rings is 1. The molecule has 4 rings (SSSR count). The third-order valence-corrected chi connectivity index (χ3v) is 6.99. The molecule has 2 aliphatic rings. The number of anilines is 1. The first-order valence-corrected chi connectivity index (χ1v) is 11.9. The van der Waals surface area contributed by atoms with E-state index in [1.54, 1.807) is 0 Å². The van der Waals surface area contributed by atoms with Crippen LogP contribution in [0.1, 0.15) is 56.6 Å².